The van der Waals surface area contributed by atoms with Crippen molar-refractivity contribution in [3.05, 3.63) is 20.6 Å². The van der Waals surface area contributed by atoms with E-state index in [2.05, 4.69) is 25.9 Å². The second-order valence-corrected chi connectivity index (χ2v) is 3.02. The van der Waals surface area contributed by atoms with Crippen LogP contribution in [0.5, 0.6) is 0 Å². The van der Waals surface area contributed by atoms with Crippen LogP contribution in [0.1, 0.15) is 5.69 Å². The lowest BCUT2D eigenvalue weighted by atomic mass is 10.5. The lowest BCUT2D eigenvalue weighted by Crippen LogP contribution is -1.90. The van der Waals surface area contributed by atoms with Crippen LogP contribution < -0.4 is 0 Å². The molecule has 0 aromatic carbocycles. The van der Waals surface area contributed by atoms with E-state index in [0.29, 0.717) is 4.60 Å². The summed E-state index contributed by atoms with van der Waals surface area (Å²) in [6.07, 6.45) is 0. The van der Waals surface area contributed by atoms with Gasteiger partial charge in [-0.3, -0.25) is 0 Å². The molecule has 1 aromatic heterocycles. The molecular weight excluding hydrogens is 253 g/mol. The molecule has 0 aliphatic rings. The molecule has 0 unspecified atom stereocenters. The molecule has 56 valence electrons. The van der Waals surface area contributed by atoms with Gasteiger partial charge < -0.3 is 0 Å². The minimum atomic E-state index is 0.0337. The summed E-state index contributed by atoms with van der Waals surface area (Å²) in [5, 5.41) is 8.56. The van der Waals surface area contributed by atoms with Gasteiger partial charge in [-0.2, -0.15) is 5.26 Å². The van der Waals surface area contributed by atoms with Crippen LogP contribution >= 0.6 is 39.1 Å². The van der Waals surface area contributed by atoms with Gasteiger partial charge in [-0.15, -0.1) is 0 Å². The van der Waals surface area contributed by atoms with Gasteiger partial charge in [-0.25, -0.2) is 9.97 Å². The molecule has 3 nitrogen and oxygen atoms in total. The van der Waals surface area contributed by atoms with Crippen molar-refractivity contribution in [1.82, 2.24) is 9.97 Å². The highest BCUT2D eigenvalue weighted by molar-refractivity contribution is 9.10. The minimum Gasteiger partial charge on any atom is -0.223 e. The fraction of sp³-hybridized carbons (Fsp3) is 0. The fourth-order valence-electron chi connectivity index (χ4n) is 0.447. The number of hydrogen-bond acceptors (Lipinski definition) is 3. The molecule has 0 bridgehead atoms. The molecule has 0 radical (unpaired) electrons. The van der Waals surface area contributed by atoms with E-state index < -0.39 is 0 Å². The average molecular weight is 253 g/mol. The van der Waals surface area contributed by atoms with Gasteiger partial charge in [-0.05, 0) is 15.9 Å². The summed E-state index contributed by atoms with van der Waals surface area (Å²) >= 11 is 14.0. The second-order valence-electron chi connectivity index (χ2n) is 1.56. The van der Waals surface area contributed by atoms with Gasteiger partial charge in [0, 0.05) is 0 Å². The lowest BCUT2D eigenvalue weighted by Gasteiger charge is -1.95. The Labute approximate surface area is 81.1 Å². The van der Waals surface area contributed by atoms with Crippen LogP contribution in [0, 0.1) is 11.3 Å². The van der Waals surface area contributed by atoms with Crippen molar-refractivity contribution < 1.29 is 0 Å². The van der Waals surface area contributed by atoms with Crippen LogP contribution in [-0.4, -0.2) is 9.97 Å². The first-order valence-electron chi connectivity index (χ1n) is 2.43. The van der Waals surface area contributed by atoms with Crippen LogP contribution in [0.3, 0.4) is 0 Å². The Morgan fingerprint density at radius 2 is 1.82 bits per heavy atom. The van der Waals surface area contributed by atoms with Gasteiger partial charge in [0.1, 0.15) is 10.7 Å². The SMILES string of the molecule is N#Cc1nc(Cl)c(Cl)nc1Br. The third-order valence-corrected chi connectivity index (χ3v) is 2.05. The molecule has 0 aliphatic carbocycles. The number of rotatable bonds is 0. The van der Waals surface area contributed by atoms with E-state index in [4.69, 9.17) is 28.5 Å². The lowest BCUT2D eigenvalue weighted by molar-refractivity contribution is 1.13. The standard InChI is InChI=1S/C5BrCl2N3/c6-3-2(1-9)10-4(7)5(8)11-3. The van der Waals surface area contributed by atoms with Crippen LogP contribution in [0.2, 0.25) is 10.3 Å². The van der Waals surface area contributed by atoms with E-state index in [1.165, 1.54) is 0 Å². The normalized spacial score (nSPS) is 9.27. The molecule has 1 rings (SSSR count). The third-order valence-electron chi connectivity index (χ3n) is 0.878. The molecule has 0 N–H and O–H groups in total. The van der Waals surface area contributed by atoms with Crippen molar-refractivity contribution in [2.45, 2.75) is 0 Å². The zero-order valence-corrected chi connectivity index (χ0v) is 8.07. The number of aromatic nitrogens is 2. The van der Waals surface area contributed by atoms with Crippen LogP contribution in [0.4, 0.5) is 0 Å². The topological polar surface area (TPSA) is 49.6 Å². The summed E-state index contributed by atoms with van der Waals surface area (Å²) in [5.74, 6) is 0. The molecule has 0 saturated heterocycles. The molecule has 1 aromatic rings. The minimum absolute atomic E-state index is 0.0337. The first kappa shape index (κ1) is 8.72. The predicted molar refractivity (Wildman–Crippen MR) is 44.5 cm³/mol. The van der Waals surface area contributed by atoms with E-state index in [1.807, 2.05) is 0 Å². The third kappa shape index (κ3) is 1.80. The molecule has 0 aliphatic heterocycles. The van der Waals surface area contributed by atoms with Gasteiger partial charge in [0.05, 0.1) is 0 Å². The van der Waals surface area contributed by atoms with Crippen molar-refractivity contribution in [2.75, 3.05) is 0 Å². The predicted octanol–water partition coefficient (Wildman–Crippen LogP) is 2.42. The molecule has 0 spiro atoms. The molecule has 0 amide bonds. The van der Waals surface area contributed by atoms with Crippen molar-refractivity contribution in [3.8, 4) is 6.07 Å². The smallest absolute Gasteiger partial charge is 0.175 e. The van der Waals surface area contributed by atoms with E-state index in [0.717, 1.165) is 0 Å². The first-order valence-corrected chi connectivity index (χ1v) is 3.98. The first-order chi connectivity index (χ1) is 5.15. The zero-order valence-electron chi connectivity index (χ0n) is 4.98. The summed E-state index contributed by atoms with van der Waals surface area (Å²) in [6.45, 7) is 0. The maximum Gasteiger partial charge on any atom is 0.175 e. The molecule has 6 heteroatoms. The maximum atomic E-state index is 8.45. The number of nitriles is 1. The highest BCUT2D eigenvalue weighted by Gasteiger charge is 2.07. The van der Waals surface area contributed by atoms with Crippen molar-refractivity contribution >= 4 is 39.1 Å². The summed E-state index contributed by atoms with van der Waals surface area (Å²) in [5.41, 5.74) is 0.124. The second kappa shape index (κ2) is 3.35. The van der Waals surface area contributed by atoms with Gasteiger partial charge in [0.2, 0.25) is 0 Å². The van der Waals surface area contributed by atoms with Crippen LogP contribution in [0.25, 0.3) is 0 Å². The maximum absolute atomic E-state index is 8.45. The summed E-state index contributed by atoms with van der Waals surface area (Å²) in [6, 6.07) is 1.80. The van der Waals surface area contributed by atoms with Crippen LogP contribution in [-0.2, 0) is 0 Å². The highest BCUT2D eigenvalue weighted by atomic mass is 79.9. The number of nitrogens with zero attached hydrogens (tertiary/aromatic N) is 3. The molecule has 0 fully saturated rings. The summed E-state index contributed by atoms with van der Waals surface area (Å²) in [4.78, 5) is 7.36. The van der Waals surface area contributed by atoms with E-state index in [9.17, 15) is 0 Å². The van der Waals surface area contributed by atoms with Crippen molar-refractivity contribution in [1.29, 1.82) is 5.26 Å². The van der Waals surface area contributed by atoms with E-state index in [1.54, 1.807) is 6.07 Å². The Kier molecular flexibility index (Phi) is 2.66. The number of halogens is 3. The van der Waals surface area contributed by atoms with E-state index >= 15 is 0 Å². The van der Waals surface area contributed by atoms with E-state index in [-0.39, 0.29) is 16.0 Å². The van der Waals surface area contributed by atoms with Crippen molar-refractivity contribution in [2.24, 2.45) is 0 Å². The van der Waals surface area contributed by atoms with Gasteiger partial charge in [0.15, 0.2) is 16.0 Å². The average Bonchev–Trinajstić information content (AvgIpc) is 1.97. The largest absolute Gasteiger partial charge is 0.223 e. The summed E-state index contributed by atoms with van der Waals surface area (Å²) in [7, 11) is 0. The Bertz CT molecular complexity index is 333. The molecule has 1 heterocycles. The Morgan fingerprint density at radius 1 is 1.27 bits per heavy atom. The zero-order chi connectivity index (χ0) is 8.43. The van der Waals surface area contributed by atoms with Gasteiger partial charge in [-0.1, -0.05) is 23.2 Å². The highest BCUT2D eigenvalue weighted by Crippen LogP contribution is 2.21. The monoisotopic (exact) mass is 251 g/mol. The fourth-order valence-corrected chi connectivity index (χ4v) is 1.16. The number of hydrogen-bond donors (Lipinski definition) is 0. The molecule has 0 saturated carbocycles. The van der Waals surface area contributed by atoms with Gasteiger partial charge in [0.25, 0.3) is 0 Å². The quantitative estimate of drug-likeness (QED) is 0.713. The molecular formula is C5BrCl2N3. The van der Waals surface area contributed by atoms with Crippen LogP contribution in [0.15, 0.2) is 4.60 Å². The Balaban J connectivity index is 3.35. The molecule has 11 heavy (non-hydrogen) atoms. The molecule has 0 atom stereocenters. The Hall–Kier alpha value is -0.370. The Morgan fingerprint density at radius 3 is 2.36 bits per heavy atom. The summed E-state index contributed by atoms with van der Waals surface area (Å²) < 4.78 is 0.300. The van der Waals surface area contributed by atoms with Gasteiger partial charge >= 0.3 is 0 Å². The van der Waals surface area contributed by atoms with Crippen molar-refractivity contribution in [3.63, 3.8) is 0 Å².